The molecule has 5 N–H and O–H groups in total. The molecule has 37 heavy (non-hydrogen) atoms. The highest BCUT2D eigenvalue weighted by molar-refractivity contribution is 6.37. The third-order valence-corrected chi connectivity index (χ3v) is 6.07. The fourth-order valence-electron chi connectivity index (χ4n) is 4.20. The van der Waals surface area contributed by atoms with Crippen LogP contribution in [0.15, 0.2) is 0 Å². The molecule has 10 nitrogen and oxygen atoms in total. The van der Waals surface area contributed by atoms with E-state index in [4.69, 9.17) is 40.0 Å². The van der Waals surface area contributed by atoms with Gasteiger partial charge < -0.3 is 26.6 Å². The number of carbonyl (C=O) groups excluding carboxylic acids is 5. The Morgan fingerprint density at radius 2 is 1.84 bits per heavy atom. The third-order valence-electron chi connectivity index (χ3n) is 6.07. The van der Waals surface area contributed by atoms with Gasteiger partial charge in [0.05, 0.1) is 7.39 Å². The minimum absolute atomic E-state index is 0.378. The molecule has 10 heteroatoms. The van der Waals surface area contributed by atoms with Crippen LogP contribution in [-0.4, -0.2) is 64.6 Å². The van der Waals surface area contributed by atoms with Crippen LogP contribution in [0.4, 0.5) is 4.79 Å². The lowest BCUT2D eigenvalue weighted by atomic mass is 9.80. The van der Waals surface area contributed by atoms with Crippen molar-refractivity contribution in [2.45, 2.75) is 104 Å². The summed E-state index contributed by atoms with van der Waals surface area (Å²) in [6.07, 6.45) is -16.2. The number of likely N-dealkylation sites (tertiary alicyclic amines) is 1. The number of nitrogens with two attached hydrogens (primary N) is 1. The minimum Gasteiger partial charge on any atom is -0.363 e. The summed E-state index contributed by atoms with van der Waals surface area (Å²) in [5.74, 6) is -16.4. The van der Waals surface area contributed by atoms with Gasteiger partial charge >= 0.3 is 6.03 Å². The smallest absolute Gasteiger partial charge is 0.315 e. The van der Waals surface area contributed by atoms with Crippen molar-refractivity contribution in [3.05, 3.63) is 0 Å². The van der Waals surface area contributed by atoms with E-state index in [1.54, 1.807) is 0 Å². The number of piperidine rings is 1. The zero-order valence-electron chi connectivity index (χ0n) is 45.1. The molecule has 208 valence electrons. The Kier molecular flexibility index (Phi) is 2.72. The second kappa shape index (κ2) is 9.91. The van der Waals surface area contributed by atoms with Crippen molar-refractivity contribution < 1.29 is 58.2 Å². The maximum Gasteiger partial charge on any atom is 0.315 e. The van der Waals surface area contributed by atoms with Crippen molar-refractivity contribution in [2.24, 2.45) is 34.3 Å². The molecule has 1 aliphatic heterocycles. The van der Waals surface area contributed by atoms with Crippen molar-refractivity contribution in [3.8, 4) is 0 Å². The number of fused-ring (bicyclic) bond motifs is 1. The Hall–Kier alpha value is -2.65. The largest absolute Gasteiger partial charge is 0.363 e. The predicted octanol–water partition coefficient (Wildman–Crippen LogP) is 1.71. The highest BCUT2D eigenvalue weighted by atomic mass is 16.2. The quantitative estimate of drug-likeness (QED) is 0.343. The van der Waals surface area contributed by atoms with Crippen LogP contribution in [0.5, 0.6) is 0 Å². The van der Waals surface area contributed by atoms with E-state index in [1.165, 1.54) is 31.4 Å². The third kappa shape index (κ3) is 6.26. The highest BCUT2D eigenvalue weighted by Gasteiger charge is 2.70. The average molecular weight is 545 g/mol. The Labute approximate surface area is 255 Å². The van der Waals surface area contributed by atoms with Crippen LogP contribution in [0.2, 0.25) is 0 Å². The van der Waals surface area contributed by atoms with Gasteiger partial charge in [-0.15, -0.1) is 0 Å². The van der Waals surface area contributed by atoms with Crippen LogP contribution < -0.4 is 21.7 Å². The molecule has 0 unspecified atom stereocenters. The summed E-state index contributed by atoms with van der Waals surface area (Å²) in [4.78, 5) is 68.8. The Bertz CT molecular complexity index is 1810. The van der Waals surface area contributed by atoms with Crippen LogP contribution in [0.1, 0.15) is 115 Å². The normalized spacial score (nSPS) is 44.1. The van der Waals surface area contributed by atoms with E-state index in [0.717, 1.165) is 0 Å². The maximum atomic E-state index is 14.6. The van der Waals surface area contributed by atoms with Crippen molar-refractivity contribution in [1.29, 1.82) is 0 Å². The van der Waals surface area contributed by atoms with Gasteiger partial charge in [0.2, 0.25) is 17.6 Å². The first-order valence-electron chi connectivity index (χ1n) is 23.4. The second-order valence-electron chi connectivity index (χ2n) is 10.0. The van der Waals surface area contributed by atoms with E-state index >= 15 is 0 Å². The van der Waals surface area contributed by atoms with E-state index in [-0.39, 0.29) is 0 Å². The van der Waals surface area contributed by atoms with E-state index in [1.807, 2.05) is 5.32 Å². The lowest BCUT2D eigenvalue weighted by Gasteiger charge is -2.38. The number of urea groups is 1. The molecular weight excluding hydrogens is 474 g/mol. The van der Waals surface area contributed by atoms with Gasteiger partial charge in [-0.2, -0.15) is 0 Å². The van der Waals surface area contributed by atoms with Gasteiger partial charge in [-0.3, -0.25) is 19.2 Å². The Morgan fingerprint density at radius 1 is 1.19 bits per heavy atom. The maximum absolute atomic E-state index is 14.6. The number of primary amides is 1. The van der Waals surface area contributed by atoms with Crippen molar-refractivity contribution >= 4 is 29.5 Å². The first-order valence-corrected chi connectivity index (χ1v) is 10.9. The average Bonchev–Trinajstić information content (AvgIpc) is 3.56. The zero-order valence-corrected chi connectivity index (χ0v) is 20.1. The summed E-state index contributed by atoms with van der Waals surface area (Å²) in [6.45, 7) is -16.5. The fourth-order valence-corrected chi connectivity index (χ4v) is 4.20. The molecule has 2 saturated carbocycles. The standard InChI is InChI=1S/C27H45N5O5/c1-25(2,3)20(30-24(37)31-26(4,5)6)23(36)32-13-15-17(27(15,7)8)18(32)22(35)29-16(19(33)21(28)34)12-14-10-9-11-14/h14-18,20H,9-13H2,1-8H3,(H2,28,34)(H,29,35)(H2,30,31,37)/t15-,16+,17-,18-,20+/m0/s1/i4D3,5D3,6D3,7D3,8D3,9D2,10D2,11D2,12D2,14D,16D. The van der Waals surface area contributed by atoms with Gasteiger partial charge in [0.25, 0.3) is 5.91 Å². The van der Waals surface area contributed by atoms with Gasteiger partial charge in [0.15, 0.2) is 0 Å². The molecule has 3 rings (SSSR count). The van der Waals surface area contributed by atoms with Crippen LogP contribution in [0, 0.1) is 28.6 Å². The van der Waals surface area contributed by atoms with Crippen molar-refractivity contribution in [2.75, 3.05) is 6.54 Å². The molecule has 5 atom stereocenters. The molecule has 0 aromatic carbocycles. The van der Waals surface area contributed by atoms with E-state index in [0.29, 0.717) is 4.90 Å². The number of amides is 5. The molecule has 3 fully saturated rings. The topological polar surface area (TPSA) is 151 Å². The second-order valence-corrected chi connectivity index (χ2v) is 10.0. The summed E-state index contributed by atoms with van der Waals surface area (Å²) in [7, 11) is 0. The van der Waals surface area contributed by atoms with Crippen LogP contribution in [0.25, 0.3) is 0 Å². The molecular formula is C27H45N5O5. The summed E-state index contributed by atoms with van der Waals surface area (Å²) >= 11 is 0. The van der Waals surface area contributed by atoms with E-state index in [9.17, 15) is 24.0 Å². The molecule has 1 saturated heterocycles. The Balaban J connectivity index is 2.29. The predicted molar refractivity (Wildman–Crippen MR) is 139 cm³/mol. The number of nitrogens with zero attached hydrogens (tertiary/aromatic N) is 1. The number of nitrogens with one attached hydrogen (secondary N) is 3. The van der Waals surface area contributed by atoms with Gasteiger partial charge in [-0.25, -0.2) is 4.79 Å². The van der Waals surface area contributed by atoms with Crippen molar-refractivity contribution in [1.82, 2.24) is 20.9 Å². The van der Waals surface area contributed by atoms with Gasteiger partial charge in [0, 0.05) is 45.0 Å². The van der Waals surface area contributed by atoms with E-state index in [2.05, 4.69) is 0 Å². The van der Waals surface area contributed by atoms with Gasteiger partial charge in [-0.05, 0) is 55.5 Å². The van der Waals surface area contributed by atoms with Crippen molar-refractivity contribution in [3.63, 3.8) is 0 Å². The molecule has 0 aromatic heterocycles. The molecule has 0 radical (unpaired) electrons. The van der Waals surface area contributed by atoms with Gasteiger partial charge in [-0.1, -0.05) is 53.6 Å². The summed E-state index contributed by atoms with van der Waals surface area (Å²) in [6, 6.07) is -11.1. The highest BCUT2D eigenvalue weighted by Crippen LogP contribution is 2.65. The first kappa shape index (κ1) is 10.2. The number of carbonyl (C=O) groups is 5. The monoisotopic (exact) mass is 544 g/mol. The minimum atomic E-state index is -4.55. The van der Waals surface area contributed by atoms with Crippen LogP contribution in [-0.2, 0) is 19.2 Å². The first-order chi connectivity index (χ1) is 26.9. The summed E-state index contributed by atoms with van der Waals surface area (Å²) in [5, 5.41) is 4.76. The van der Waals surface area contributed by atoms with E-state index < -0.39 is 148 Å². The molecule has 1 heterocycles. The number of hydrogen-bond donors (Lipinski definition) is 4. The lowest BCUT2D eigenvalue weighted by molar-refractivity contribution is -0.145. The van der Waals surface area contributed by atoms with Crippen LogP contribution in [0.3, 0.4) is 0 Å². The molecule has 0 spiro atoms. The number of hydrogen-bond acceptors (Lipinski definition) is 5. The number of rotatable bonds is 8. The molecule has 2 aliphatic carbocycles. The summed E-state index contributed by atoms with van der Waals surface area (Å²) < 4.78 is 202. The Morgan fingerprint density at radius 3 is 2.38 bits per heavy atom. The molecule has 0 bridgehead atoms. The number of ketones is 1. The number of Topliss-reactive ketones (excluding diaryl/α,β-unsaturated/α-hetero) is 1. The molecule has 5 amide bonds. The summed E-state index contributed by atoms with van der Waals surface area (Å²) in [5.41, 5.74) is -3.50. The van der Waals surface area contributed by atoms with Gasteiger partial charge in [0.1, 0.15) is 12.1 Å². The van der Waals surface area contributed by atoms with Crippen LogP contribution >= 0.6 is 0 Å². The molecule has 0 aromatic rings. The molecule has 3 aliphatic rings. The lowest BCUT2D eigenvalue weighted by Crippen LogP contribution is -2.62. The fraction of sp³-hybridized carbons (Fsp3) is 0.815. The zero-order chi connectivity index (χ0) is 49.6. The SMILES string of the molecule is [2H]C([2H])([2H])C1(C([2H])([2H])[2H])[C@@H]2[C@@H](C(=O)N[C@@]([2H])(C(=O)C(N)=O)C([2H])([2H])C3([2H])C([2H])([2H])C([2H])([2H])C3([2H])[2H])N(C(=O)[C@@H](NC(=O)NC(C([2H])([2H])[2H])(C([2H])([2H])[2H])C([2H])([2H])[2H])C(C)(C)C)C[C@@H]21.